The third-order valence-electron chi connectivity index (χ3n) is 4.03. The number of nitrogens with one attached hydrogen (secondary N) is 2. The SMILES string of the molecule is Cl.O=C(CCC1CCNC1)NCc1cc(-c2ccccc2)no1. The largest absolute Gasteiger partial charge is 0.359 e. The Bertz CT molecular complexity index is 609. The van der Waals surface area contributed by atoms with Crippen molar-refractivity contribution >= 4 is 18.3 Å². The number of carbonyl (C=O) groups excluding carboxylic acids is 1. The van der Waals surface area contributed by atoms with E-state index in [4.69, 9.17) is 4.52 Å². The number of amides is 1. The van der Waals surface area contributed by atoms with Gasteiger partial charge in [-0.05, 0) is 31.8 Å². The fraction of sp³-hybridized carbons (Fsp3) is 0.412. The first-order chi connectivity index (χ1) is 10.8. The molecule has 124 valence electrons. The van der Waals surface area contributed by atoms with Gasteiger partial charge < -0.3 is 15.2 Å². The molecule has 2 N–H and O–H groups in total. The molecule has 3 rings (SSSR count). The van der Waals surface area contributed by atoms with Crippen LogP contribution in [0.25, 0.3) is 11.3 Å². The van der Waals surface area contributed by atoms with Gasteiger partial charge in [-0.25, -0.2) is 0 Å². The van der Waals surface area contributed by atoms with Gasteiger partial charge in [0.05, 0.1) is 6.54 Å². The molecule has 1 aromatic carbocycles. The Morgan fingerprint density at radius 2 is 2.17 bits per heavy atom. The van der Waals surface area contributed by atoms with Gasteiger partial charge in [-0.3, -0.25) is 4.79 Å². The molecule has 0 radical (unpaired) electrons. The molecule has 2 heterocycles. The highest BCUT2D eigenvalue weighted by Crippen LogP contribution is 2.18. The predicted molar refractivity (Wildman–Crippen MR) is 91.2 cm³/mol. The number of carbonyl (C=O) groups is 1. The molecule has 6 heteroatoms. The lowest BCUT2D eigenvalue weighted by atomic mass is 10.0. The van der Waals surface area contributed by atoms with Crippen LogP contribution in [0.5, 0.6) is 0 Å². The predicted octanol–water partition coefficient (Wildman–Crippen LogP) is 2.77. The summed E-state index contributed by atoms with van der Waals surface area (Å²) in [6.45, 7) is 2.50. The second kappa shape index (κ2) is 8.70. The molecule has 0 aliphatic carbocycles. The van der Waals surface area contributed by atoms with Gasteiger partial charge in [-0.15, -0.1) is 12.4 Å². The lowest BCUT2D eigenvalue weighted by Gasteiger charge is -2.07. The highest BCUT2D eigenvalue weighted by Gasteiger charge is 2.15. The van der Waals surface area contributed by atoms with Gasteiger partial charge >= 0.3 is 0 Å². The fourth-order valence-corrected chi connectivity index (χ4v) is 2.71. The van der Waals surface area contributed by atoms with E-state index in [1.54, 1.807) is 0 Å². The van der Waals surface area contributed by atoms with E-state index >= 15 is 0 Å². The van der Waals surface area contributed by atoms with Crippen molar-refractivity contribution in [3.05, 3.63) is 42.2 Å². The van der Waals surface area contributed by atoms with E-state index in [-0.39, 0.29) is 18.3 Å². The molecule has 5 nitrogen and oxygen atoms in total. The average Bonchev–Trinajstić information content (AvgIpc) is 3.23. The van der Waals surface area contributed by atoms with Crippen LogP contribution < -0.4 is 10.6 Å². The van der Waals surface area contributed by atoms with Crippen molar-refractivity contribution in [1.29, 1.82) is 0 Å². The minimum absolute atomic E-state index is 0. The molecule has 1 aromatic heterocycles. The Balaban J connectivity index is 0.00000192. The lowest BCUT2D eigenvalue weighted by molar-refractivity contribution is -0.121. The van der Waals surface area contributed by atoms with Crippen LogP contribution in [0.3, 0.4) is 0 Å². The Morgan fingerprint density at radius 3 is 2.91 bits per heavy atom. The first-order valence-corrected chi connectivity index (χ1v) is 7.79. The van der Waals surface area contributed by atoms with Crippen molar-refractivity contribution in [2.75, 3.05) is 13.1 Å². The third kappa shape index (κ3) is 5.08. The van der Waals surface area contributed by atoms with E-state index < -0.39 is 0 Å². The summed E-state index contributed by atoms with van der Waals surface area (Å²) < 4.78 is 5.27. The van der Waals surface area contributed by atoms with Crippen molar-refractivity contribution in [2.45, 2.75) is 25.8 Å². The number of aromatic nitrogens is 1. The van der Waals surface area contributed by atoms with E-state index in [2.05, 4.69) is 15.8 Å². The monoisotopic (exact) mass is 335 g/mol. The van der Waals surface area contributed by atoms with Gasteiger partial charge in [0.15, 0.2) is 5.76 Å². The quantitative estimate of drug-likeness (QED) is 0.851. The Kier molecular flexibility index (Phi) is 6.62. The van der Waals surface area contributed by atoms with Crippen molar-refractivity contribution < 1.29 is 9.32 Å². The topological polar surface area (TPSA) is 67.2 Å². The average molecular weight is 336 g/mol. The van der Waals surface area contributed by atoms with Gasteiger partial charge in [-0.1, -0.05) is 35.5 Å². The summed E-state index contributed by atoms with van der Waals surface area (Å²) in [5.74, 6) is 1.39. The van der Waals surface area contributed by atoms with Crippen molar-refractivity contribution in [3.63, 3.8) is 0 Å². The molecule has 1 unspecified atom stereocenters. The van der Waals surface area contributed by atoms with Crippen LogP contribution in [0.2, 0.25) is 0 Å². The molecule has 0 saturated carbocycles. The normalized spacial score (nSPS) is 16.8. The molecule has 0 bridgehead atoms. The maximum Gasteiger partial charge on any atom is 0.220 e. The second-order valence-corrected chi connectivity index (χ2v) is 5.72. The minimum Gasteiger partial charge on any atom is -0.359 e. The van der Waals surface area contributed by atoms with Gasteiger partial charge in [0, 0.05) is 18.1 Å². The summed E-state index contributed by atoms with van der Waals surface area (Å²) in [5, 5.41) is 10.3. The summed E-state index contributed by atoms with van der Waals surface area (Å²) in [4.78, 5) is 11.9. The molecule has 1 atom stereocenters. The molecule has 1 saturated heterocycles. The zero-order valence-electron chi connectivity index (χ0n) is 13.0. The summed E-state index contributed by atoms with van der Waals surface area (Å²) in [6, 6.07) is 11.7. The van der Waals surface area contributed by atoms with Crippen molar-refractivity contribution in [2.24, 2.45) is 5.92 Å². The summed E-state index contributed by atoms with van der Waals surface area (Å²) in [5.41, 5.74) is 1.81. The fourth-order valence-electron chi connectivity index (χ4n) is 2.71. The molecule has 1 fully saturated rings. The maximum atomic E-state index is 11.9. The van der Waals surface area contributed by atoms with Crippen molar-refractivity contribution in [1.82, 2.24) is 15.8 Å². The number of hydrogen-bond donors (Lipinski definition) is 2. The van der Waals surface area contributed by atoms with Crippen molar-refractivity contribution in [3.8, 4) is 11.3 Å². The van der Waals surface area contributed by atoms with Gasteiger partial charge in [0.25, 0.3) is 0 Å². The molecule has 1 aliphatic heterocycles. The van der Waals surface area contributed by atoms with Crippen LogP contribution in [0, 0.1) is 5.92 Å². The number of halogens is 1. The zero-order valence-corrected chi connectivity index (χ0v) is 13.8. The van der Waals surface area contributed by atoms with E-state index in [1.807, 2.05) is 36.4 Å². The van der Waals surface area contributed by atoms with E-state index in [0.29, 0.717) is 24.6 Å². The maximum absolute atomic E-state index is 11.9. The summed E-state index contributed by atoms with van der Waals surface area (Å²) >= 11 is 0. The van der Waals surface area contributed by atoms with Crippen LogP contribution in [-0.4, -0.2) is 24.2 Å². The van der Waals surface area contributed by atoms with E-state index in [1.165, 1.54) is 6.42 Å². The lowest BCUT2D eigenvalue weighted by Crippen LogP contribution is -2.23. The van der Waals surface area contributed by atoms with E-state index in [0.717, 1.165) is 30.8 Å². The van der Waals surface area contributed by atoms with Crippen LogP contribution in [0.15, 0.2) is 40.9 Å². The van der Waals surface area contributed by atoms with Gasteiger partial charge in [-0.2, -0.15) is 0 Å². The van der Waals surface area contributed by atoms with Crippen LogP contribution >= 0.6 is 12.4 Å². The number of nitrogens with zero attached hydrogens (tertiary/aromatic N) is 1. The third-order valence-corrected chi connectivity index (χ3v) is 4.03. The minimum atomic E-state index is 0. The van der Waals surface area contributed by atoms with Crippen LogP contribution in [-0.2, 0) is 11.3 Å². The molecule has 23 heavy (non-hydrogen) atoms. The molecule has 1 aliphatic rings. The summed E-state index contributed by atoms with van der Waals surface area (Å²) in [7, 11) is 0. The highest BCUT2D eigenvalue weighted by molar-refractivity contribution is 5.85. The van der Waals surface area contributed by atoms with Crippen LogP contribution in [0.4, 0.5) is 0 Å². The number of rotatable bonds is 6. The zero-order chi connectivity index (χ0) is 15.2. The smallest absolute Gasteiger partial charge is 0.220 e. The highest BCUT2D eigenvalue weighted by atomic mass is 35.5. The first kappa shape index (κ1) is 17.5. The van der Waals surface area contributed by atoms with Gasteiger partial charge in [0.1, 0.15) is 5.69 Å². The molecular formula is C17H22ClN3O2. The Hall–Kier alpha value is -1.85. The van der Waals surface area contributed by atoms with Gasteiger partial charge in [0.2, 0.25) is 5.91 Å². The molecule has 1 amide bonds. The summed E-state index contributed by atoms with van der Waals surface area (Å²) in [6.07, 6.45) is 2.70. The second-order valence-electron chi connectivity index (χ2n) is 5.72. The number of hydrogen-bond acceptors (Lipinski definition) is 4. The standard InChI is InChI=1S/C17H21N3O2.ClH/c21-17(7-6-13-8-9-18-11-13)19-12-15-10-16(20-22-15)14-4-2-1-3-5-14;/h1-5,10,13,18H,6-9,11-12H2,(H,19,21);1H. The molecule has 2 aromatic rings. The number of benzene rings is 1. The Morgan fingerprint density at radius 1 is 1.35 bits per heavy atom. The molecule has 0 spiro atoms. The van der Waals surface area contributed by atoms with Crippen LogP contribution in [0.1, 0.15) is 25.0 Å². The molecular weight excluding hydrogens is 314 g/mol. The Labute approximate surface area is 142 Å². The van der Waals surface area contributed by atoms with E-state index in [9.17, 15) is 4.79 Å². The first-order valence-electron chi connectivity index (χ1n) is 7.79.